The van der Waals surface area contributed by atoms with Gasteiger partial charge in [0.2, 0.25) is 0 Å². The van der Waals surface area contributed by atoms with Crippen LogP contribution >= 0.6 is 0 Å². The molecule has 0 atom stereocenters. The van der Waals surface area contributed by atoms with Gasteiger partial charge in [-0.1, -0.05) is 96.1 Å². The lowest BCUT2D eigenvalue weighted by molar-refractivity contribution is 0.102. The van der Waals surface area contributed by atoms with Gasteiger partial charge in [-0.25, -0.2) is 0 Å². The molecular formula is C36H39N3O3. The van der Waals surface area contributed by atoms with Crippen molar-refractivity contribution in [2.75, 3.05) is 16.0 Å². The van der Waals surface area contributed by atoms with Gasteiger partial charge in [0.1, 0.15) is 0 Å². The van der Waals surface area contributed by atoms with Crippen LogP contribution in [0.1, 0.15) is 107 Å². The number of anilines is 3. The smallest absolute Gasteiger partial charge is 0.256 e. The van der Waals surface area contributed by atoms with Crippen molar-refractivity contribution in [3.63, 3.8) is 0 Å². The number of hydrogen-bond donors (Lipinski definition) is 3. The number of carbonyl (C=O) groups excluding carboxylic acids is 3. The fourth-order valence-corrected chi connectivity index (χ4v) is 5.42. The maximum atomic E-state index is 14.2. The molecule has 0 aliphatic rings. The Bertz CT molecular complexity index is 1350. The van der Waals surface area contributed by atoms with Gasteiger partial charge in [0.15, 0.2) is 0 Å². The van der Waals surface area contributed by atoms with E-state index in [2.05, 4.69) is 16.0 Å². The molecule has 0 saturated carbocycles. The Morgan fingerprint density at radius 2 is 0.619 bits per heavy atom. The van der Waals surface area contributed by atoms with Gasteiger partial charge >= 0.3 is 0 Å². The molecule has 4 aromatic carbocycles. The summed E-state index contributed by atoms with van der Waals surface area (Å²) < 4.78 is 0. The van der Waals surface area contributed by atoms with E-state index in [0.717, 1.165) is 0 Å². The maximum Gasteiger partial charge on any atom is 0.256 e. The highest BCUT2D eigenvalue weighted by Crippen LogP contribution is 2.41. The molecule has 0 heterocycles. The minimum absolute atomic E-state index is 0.195. The Balaban J connectivity index is 2.06. The summed E-state index contributed by atoms with van der Waals surface area (Å²) >= 11 is 0. The fourth-order valence-electron chi connectivity index (χ4n) is 5.42. The third-order valence-electron chi connectivity index (χ3n) is 7.12. The summed E-state index contributed by atoms with van der Waals surface area (Å²) in [6.07, 6.45) is 0. The first kappa shape index (κ1) is 30.3. The Hall–Kier alpha value is -4.71. The van der Waals surface area contributed by atoms with Crippen LogP contribution in [0.2, 0.25) is 0 Å². The lowest BCUT2D eigenvalue weighted by Crippen LogP contribution is -2.30. The summed E-state index contributed by atoms with van der Waals surface area (Å²) in [5.41, 5.74) is 4.86. The molecule has 0 fully saturated rings. The van der Waals surface area contributed by atoms with E-state index >= 15 is 0 Å². The van der Waals surface area contributed by atoms with Crippen LogP contribution in [0.15, 0.2) is 91.0 Å². The predicted octanol–water partition coefficient (Wildman–Crippen LogP) is 8.81. The van der Waals surface area contributed by atoms with E-state index in [-0.39, 0.29) is 35.5 Å². The second-order valence-electron chi connectivity index (χ2n) is 11.3. The molecule has 4 rings (SSSR count). The molecule has 0 aliphatic carbocycles. The van der Waals surface area contributed by atoms with Crippen molar-refractivity contribution in [3.8, 4) is 0 Å². The van der Waals surface area contributed by atoms with E-state index in [0.29, 0.717) is 50.4 Å². The fraction of sp³-hybridized carbons (Fsp3) is 0.250. The maximum absolute atomic E-state index is 14.2. The molecule has 0 spiro atoms. The second kappa shape index (κ2) is 13.3. The van der Waals surface area contributed by atoms with Crippen molar-refractivity contribution in [1.29, 1.82) is 0 Å². The molecule has 6 heteroatoms. The number of amides is 3. The molecule has 0 radical (unpaired) electrons. The van der Waals surface area contributed by atoms with E-state index in [1.54, 1.807) is 0 Å². The first-order chi connectivity index (χ1) is 20.1. The molecule has 0 aromatic heterocycles. The SMILES string of the molecule is CC(C)c1c(C(=O)Nc2ccccc2)c(C(C)C)c(C(=O)Nc2ccccc2)c(C(C)C)c1C(=O)Nc1ccccc1. The summed E-state index contributed by atoms with van der Waals surface area (Å²) in [5.74, 6) is -1.65. The van der Waals surface area contributed by atoms with Crippen LogP contribution in [0.3, 0.4) is 0 Å². The quantitative estimate of drug-likeness (QED) is 0.191. The number of hydrogen-bond acceptors (Lipinski definition) is 3. The number of carbonyl (C=O) groups is 3. The minimum atomic E-state index is -0.355. The third kappa shape index (κ3) is 6.60. The van der Waals surface area contributed by atoms with Crippen LogP contribution in [0.5, 0.6) is 0 Å². The van der Waals surface area contributed by atoms with Crippen LogP contribution in [-0.4, -0.2) is 17.7 Å². The summed E-state index contributed by atoms with van der Waals surface area (Å²) in [5, 5.41) is 9.08. The zero-order valence-corrected chi connectivity index (χ0v) is 25.1. The predicted molar refractivity (Wildman–Crippen MR) is 172 cm³/mol. The second-order valence-corrected chi connectivity index (χ2v) is 11.3. The highest BCUT2D eigenvalue weighted by atomic mass is 16.2. The Kier molecular flexibility index (Phi) is 9.58. The number of para-hydroxylation sites is 3. The van der Waals surface area contributed by atoms with Gasteiger partial charge in [0, 0.05) is 33.8 Å². The number of rotatable bonds is 9. The van der Waals surface area contributed by atoms with Crippen molar-refractivity contribution in [1.82, 2.24) is 0 Å². The summed E-state index contributed by atoms with van der Waals surface area (Å²) in [6.45, 7) is 11.9. The van der Waals surface area contributed by atoms with Crippen LogP contribution < -0.4 is 16.0 Å². The third-order valence-corrected chi connectivity index (χ3v) is 7.12. The molecule has 3 amide bonds. The molecule has 4 aromatic rings. The zero-order chi connectivity index (χ0) is 30.4. The largest absolute Gasteiger partial charge is 0.322 e. The molecule has 0 saturated heterocycles. The van der Waals surface area contributed by atoms with E-state index in [1.807, 2.05) is 133 Å². The van der Waals surface area contributed by atoms with Crippen molar-refractivity contribution >= 4 is 34.8 Å². The van der Waals surface area contributed by atoms with E-state index < -0.39 is 0 Å². The summed E-state index contributed by atoms with van der Waals surface area (Å²) in [4.78, 5) is 42.7. The van der Waals surface area contributed by atoms with Crippen LogP contribution in [0, 0.1) is 0 Å². The monoisotopic (exact) mass is 561 g/mol. The van der Waals surface area contributed by atoms with Gasteiger partial charge < -0.3 is 16.0 Å². The summed E-state index contributed by atoms with van der Waals surface area (Å²) in [7, 11) is 0. The van der Waals surface area contributed by atoms with Crippen molar-refractivity contribution in [2.45, 2.75) is 59.3 Å². The van der Waals surface area contributed by atoms with Crippen molar-refractivity contribution < 1.29 is 14.4 Å². The Labute approximate surface area is 248 Å². The van der Waals surface area contributed by atoms with Gasteiger partial charge in [0.25, 0.3) is 17.7 Å². The number of benzene rings is 4. The standard InChI is InChI=1S/C36H39N3O3/c1-22(2)28-31(34(40)37-25-16-10-7-11-17-25)29(23(3)4)33(36(42)39-27-20-14-9-15-21-27)30(24(5)6)32(28)35(41)38-26-18-12-8-13-19-26/h7-24H,1-6H3,(H,37,40)(H,38,41)(H,39,42). The average Bonchev–Trinajstić information content (AvgIpc) is 2.96. The lowest BCUT2D eigenvalue weighted by Gasteiger charge is -2.30. The highest BCUT2D eigenvalue weighted by molar-refractivity contribution is 6.17. The van der Waals surface area contributed by atoms with Gasteiger partial charge in [-0.3, -0.25) is 14.4 Å². The van der Waals surface area contributed by atoms with Crippen molar-refractivity contribution in [2.24, 2.45) is 0 Å². The molecule has 0 unspecified atom stereocenters. The van der Waals surface area contributed by atoms with E-state index in [4.69, 9.17) is 0 Å². The topological polar surface area (TPSA) is 87.3 Å². The first-order valence-electron chi connectivity index (χ1n) is 14.4. The normalized spacial score (nSPS) is 11.1. The molecule has 6 nitrogen and oxygen atoms in total. The van der Waals surface area contributed by atoms with Crippen LogP contribution in [-0.2, 0) is 0 Å². The van der Waals surface area contributed by atoms with Gasteiger partial charge in [-0.2, -0.15) is 0 Å². The van der Waals surface area contributed by atoms with Gasteiger partial charge in [-0.15, -0.1) is 0 Å². The molecule has 0 aliphatic heterocycles. The molecule has 216 valence electrons. The Morgan fingerprint density at radius 3 is 0.810 bits per heavy atom. The van der Waals surface area contributed by atoms with Gasteiger partial charge in [0.05, 0.1) is 0 Å². The first-order valence-corrected chi connectivity index (χ1v) is 14.4. The zero-order valence-electron chi connectivity index (χ0n) is 25.1. The van der Waals surface area contributed by atoms with Crippen LogP contribution in [0.4, 0.5) is 17.1 Å². The number of nitrogens with one attached hydrogen (secondary N) is 3. The minimum Gasteiger partial charge on any atom is -0.322 e. The van der Waals surface area contributed by atoms with E-state index in [1.165, 1.54) is 0 Å². The lowest BCUT2D eigenvalue weighted by atomic mass is 9.75. The highest BCUT2D eigenvalue weighted by Gasteiger charge is 2.35. The molecular weight excluding hydrogens is 522 g/mol. The molecule has 0 bridgehead atoms. The van der Waals surface area contributed by atoms with Crippen LogP contribution in [0.25, 0.3) is 0 Å². The molecule has 3 N–H and O–H groups in total. The van der Waals surface area contributed by atoms with Crippen molar-refractivity contribution in [3.05, 3.63) is 124 Å². The van der Waals surface area contributed by atoms with Gasteiger partial charge in [-0.05, 0) is 70.8 Å². The average molecular weight is 562 g/mol. The van der Waals surface area contributed by atoms with E-state index in [9.17, 15) is 14.4 Å². The molecule has 42 heavy (non-hydrogen) atoms. The Morgan fingerprint density at radius 1 is 0.405 bits per heavy atom. The summed E-state index contributed by atoms with van der Waals surface area (Å²) in [6, 6.07) is 27.6.